The molecule has 102 valence electrons. The van der Waals surface area contributed by atoms with Crippen LogP contribution < -0.4 is 4.74 Å². The Hall–Kier alpha value is -1.84. The predicted molar refractivity (Wildman–Crippen MR) is 69.7 cm³/mol. The maximum absolute atomic E-state index is 12.6. The monoisotopic (exact) mass is 264 g/mol. The molecule has 0 amide bonds. The van der Waals surface area contributed by atoms with E-state index in [1.807, 2.05) is 38.1 Å². The lowest BCUT2D eigenvalue weighted by atomic mass is 9.84. The molecular formula is C15H17FO3. The Morgan fingerprint density at radius 1 is 1.53 bits per heavy atom. The Balaban J connectivity index is 2.24. The Kier molecular flexibility index (Phi) is 3.60. The standard InChI is InChI=1S/C15H17FO3/c1-10(16)9-18-14(17)12-8-15(2,3)19-13-7-5-4-6-11(12)13/h4-7,12H,1,8-9H2,2-3H3. The molecule has 0 radical (unpaired) electrons. The van der Waals surface area contributed by atoms with Crippen LogP contribution in [-0.2, 0) is 9.53 Å². The van der Waals surface area contributed by atoms with Crippen LogP contribution in [-0.4, -0.2) is 18.2 Å². The quantitative estimate of drug-likeness (QED) is 0.785. The molecular weight excluding hydrogens is 247 g/mol. The van der Waals surface area contributed by atoms with Crippen LogP contribution in [0.15, 0.2) is 36.7 Å². The number of hydrogen-bond donors (Lipinski definition) is 0. The molecule has 0 fully saturated rings. The maximum Gasteiger partial charge on any atom is 0.314 e. The molecule has 1 atom stereocenters. The SMILES string of the molecule is C=C(F)COC(=O)C1CC(C)(C)Oc2ccccc21. The topological polar surface area (TPSA) is 35.5 Å². The summed E-state index contributed by atoms with van der Waals surface area (Å²) in [5.74, 6) is -0.852. The smallest absolute Gasteiger partial charge is 0.314 e. The number of hydrogen-bond acceptors (Lipinski definition) is 3. The summed E-state index contributed by atoms with van der Waals surface area (Å²) in [6.45, 7) is 6.51. The van der Waals surface area contributed by atoms with E-state index >= 15 is 0 Å². The summed E-state index contributed by atoms with van der Waals surface area (Å²) in [6.07, 6.45) is 0.502. The van der Waals surface area contributed by atoms with E-state index in [0.717, 1.165) is 5.56 Å². The number of carbonyl (C=O) groups excluding carboxylic acids is 1. The van der Waals surface area contributed by atoms with Gasteiger partial charge in [0.1, 0.15) is 23.8 Å². The maximum atomic E-state index is 12.6. The minimum absolute atomic E-state index is 0.390. The van der Waals surface area contributed by atoms with Gasteiger partial charge in [-0.25, -0.2) is 4.39 Å². The van der Waals surface area contributed by atoms with Crippen molar-refractivity contribution in [3.05, 3.63) is 42.2 Å². The van der Waals surface area contributed by atoms with Crippen molar-refractivity contribution in [3.63, 3.8) is 0 Å². The molecule has 1 unspecified atom stereocenters. The van der Waals surface area contributed by atoms with Gasteiger partial charge in [-0.05, 0) is 19.9 Å². The molecule has 0 N–H and O–H groups in total. The number of ether oxygens (including phenoxy) is 2. The minimum atomic E-state index is -0.659. The van der Waals surface area contributed by atoms with Crippen molar-refractivity contribution >= 4 is 5.97 Å². The second-order valence-corrected chi connectivity index (χ2v) is 5.28. The average Bonchev–Trinajstić information content (AvgIpc) is 2.33. The highest BCUT2D eigenvalue weighted by Crippen LogP contribution is 2.41. The molecule has 3 nitrogen and oxygen atoms in total. The highest BCUT2D eigenvalue weighted by molar-refractivity contribution is 5.80. The second-order valence-electron chi connectivity index (χ2n) is 5.28. The predicted octanol–water partition coefficient (Wildman–Crippen LogP) is 3.36. The van der Waals surface area contributed by atoms with Crippen LogP contribution in [0, 0.1) is 0 Å². The number of esters is 1. The van der Waals surface area contributed by atoms with Crippen molar-refractivity contribution < 1.29 is 18.7 Å². The molecule has 1 aliphatic heterocycles. The Morgan fingerprint density at radius 2 is 2.21 bits per heavy atom. The van der Waals surface area contributed by atoms with Crippen LogP contribution in [0.25, 0.3) is 0 Å². The van der Waals surface area contributed by atoms with Gasteiger partial charge in [0, 0.05) is 12.0 Å². The van der Waals surface area contributed by atoms with Crippen LogP contribution in [0.3, 0.4) is 0 Å². The molecule has 0 bridgehead atoms. The number of rotatable bonds is 3. The third-order valence-corrected chi connectivity index (χ3v) is 3.03. The van der Waals surface area contributed by atoms with Gasteiger partial charge in [0.25, 0.3) is 0 Å². The van der Waals surface area contributed by atoms with Gasteiger partial charge in [-0.15, -0.1) is 0 Å². The van der Waals surface area contributed by atoms with Gasteiger partial charge >= 0.3 is 5.97 Å². The fraction of sp³-hybridized carbons (Fsp3) is 0.400. The zero-order chi connectivity index (χ0) is 14.0. The van der Waals surface area contributed by atoms with E-state index in [1.165, 1.54) is 0 Å². The molecule has 1 aromatic rings. The highest BCUT2D eigenvalue weighted by atomic mass is 19.1. The van der Waals surface area contributed by atoms with Gasteiger partial charge in [-0.1, -0.05) is 24.8 Å². The lowest BCUT2D eigenvalue weighted by Crippen LogP contribution is -2.37. The summed E-state index contributed by atoms with van der Waals surface area (Å²) >= 11 is 0. The van der Waals surface area contributed by atoms with E-state index in [4.69, 9.17) is 9.47 Å². The third kappa shape index (κ3) is 3.13. The van der Waals surface area contributed by atoms with Crippen molar-refractivity contribution in [1.29, 1.82) is 0 Å². The molecule has 19 heavy (non-hydrogen) atoms. The summed E-state index contributed by atoms with van der Waals surface area (Å²) in [5.41, 5.74) is 0.335. The van der Waals surface area contributed by atoms with Crippen LogP contribution in [0.5, 0.6) is 5.75 Å². The molecule has 0 aliphatic carbocycles. The van der Waals surface area contributed by atoms with Gasteiger partial charge < -0.3 is 9.47 Å². The largest absolute Gasteiger partial charge is 0.488 e. The number of carbonyl (C=O) groups is 1. The van der Waals surface area contributed by atoms with Gasteiger partial charge in [-0.3, -0.25) is 4.79 Å². The summed E-state index contributed by atoms with van der Waals surface area (Å²) in [7, 11) is 0. The fourth-order valence-electron chi connectivity index (χ4n) is 2.26. The minimum Gasteiger partial charge on any atom is -0.488 e. The van der Waals surface area contributed by atoms with Crippen molar-refractivity contribution in [2.75, 3.05) is 6.61 Å². The fourth-order valence-corrected chi connectivity index (χ4v) is 2.26. The highest BCUT2D eigenvalue weighted by Gasteiger charge is 2.38. The molecule has 4 heteroatoms. The zero-order valence-corrected chi connectivity index (χ0v) is 11.1. The van der Waals surface area contributed by atoms with E-state index in [9.17, 15) is 9.18 Å². The molecule has 0 saturated carbocycles. The van der Waals surface area contributed by atoms with E-state index in [-0.39, 0.29) is 0 Å². The van der Waals surface area contributed by atoms with Gasteiger partial charge in [0.2, 0.25) is 0 Å². The first-order valence-electron chi connectivity index (χ1n) is 6.17. The summed E-state index contributed by atoms with van der Waals surface area (Å²) in [6, 6.07) is 7.35. The molecule has 0 saturated heterocycles. The van der Waals surface area contributed by atoms with Crippen molar-refractivity contribution in [1.82, 2.24) is 0 Å². The molecule has 1 aromatic carbocycles. The number of para-hydroxylation sites is 1. The van der Waals surface area contributed by atoms with E-state index in [2.05, 4.69) is 6.58 Å². The van der Waals surface area contributed by atoms with Gasteiger partial charge in [-0.2, -0.15) is 0 Å². The van der Waals surface area contributed by atoms with Crippen molar-refractivity contribution in [2.45, 2.75) is 31.8 Å². The molecule has 0 spiro atoms. The van der Waals surface area contributed by atoms with E-state index < -0.39 is 29.9 Å². The van der Waals surface area contributed by atoms with Crippen molar-refractivity contribution in [2.24, 2.45) is 0 Å². The first-order chi connectivity index (χ1) is 8.89. The number of benzene rings is 1. The van der Waals surface area contributed by atoms with Crippen LogP contribution >= 0.6 is 0 Å². The molecule has 1 aliphatic rings. The first-order valence-corrected chi connectivity index (χ1v) is 6.17. The number of fused-ring (bicyclic) bond motifs is 1. The van der Waals surface area contributed by atoms with Crippen LogP contribution in [0.2, 0.25) is 0 Å². The lowest BCUT2D eigenvalue weighted by molar-refractivity contribution is -0.147. The Morgan fingerprint density at radius 3 is 2.89 bits per heavy atom. The second kappa shape index (κ2) is 5.03. The molecule has 1 heterocycles. The Labute approximate surface area is 112 Å². The van der Waals surface area contributed by atoms with E-state index in [1.54, 1.807) is 0 Å². The summed E-state index contributed by atoms with van der Waals surface area (Å²) < 4.78 is 23.3. The van der Waals surface area contributed by atoms with Crippen LogP contribution in [0.4, 0.5) is 4.39 Å². The van der Waals surface area contributed by atoms with Crippen LogP contribution in [0.1, 0.15) is 31.7 Å². The zero-order valence-electron chi connectivity index (χ0n) is 11.1. The van der Waals surface area contributed by atoms with E-state index in [0.29, 0.717) is 12.2 Å². The normalized spacial score (nSPS) is 20.1. The Bertz CT molecular complexity index is 508. The summed E-state index contributed by atoms with van der Waals surface area (Å²) in [4.78, 5) is 12.1. The third-order valence-electron chi connectivity index (χ3n) is 3.03. The molecule has 2 rings (SSSR count). The molecule has 0 aromatic heterocycles. The number of halogens is 1. The van der Waals surface area contributed by atoms with Crippen molar-refractivity contribution in [3.8, 4) is 5.75 Å². The average molecular weight is 264 g/mol. The van der Waals surface area contributed by atoms with Gasteiger partial charge in [0.05, 0.1) is 5.92 Å². The summed E-state index contributed by atoms with van der Waals surface area (Å²) in [5, 5.41) is 0. The first kappa shape index (κ1) is 13.6. The lowest BCUT2D eigenvalue weighted by Gasteiger charge is -2.36. The van der Waals surface area contributed by atoms with Gasteiger partial charge in [0.15, 0.2) is 0 Å².